The van der Waals surface area contributed by atoms with E-state index in [4.69, 9.17) is 4.42 Å². The topological polar surface area (TPSA) is 71.3 Å². The van der Waals surface area contributed by atoms with Gasteiger partial charge < -0.3 is 15.1 Å². The molecule has 0 radical (unpaired) electrons. The van der Waals surface area contributed by atoms with Gasteiger partial charge in [-0.05, 0) is 42.0 Å². The van der Waals surface area contributed by atoms with Crippen molar-refractivity contribution in [3.63, 3.8) is 0 Å². The van der Waals surface area contributed by atoms with Crippen molar-refractivity contribution in [2.45, 2.75) is 10.1 Å². The number of hydrogen-bond donors (Lipinski definition) is 2. The summed E-state index contributed by atoms with van der Waals surface area (Å²) in [5.74, 6) is -7.86. The molecule has 178 valence electrons. The molecular weight excluding hydrogens is 484 g/mol. The maximum Gasteiger partial charge on any atom is 0.291 e. The van der Waals surface area contributed by atoms with Crippen molar-refractivity contribution < 1.29 is 31.6 Å². The van der Waals surface area contributed by atoms with Gasteiger partial charge in [0.2, 0.25) is 5.91 Å². The second kappa shape index (κ2) is 10.5. The Bertz CT molecular complexity index is 1320. The van der Waals surface area contributed by atoms with Gasteiger partial charge in [0.25, 0.3) is 5.91 Å². The molecule has 2 amide bonds. The van der Waals surface area contributed by atoms with Gasteiger partial charge in [-0.25, -0.2) is 17.6 Å². The Morgan fingerprint density at radius 2 is 1.46 bits per heavy atom. The summed E-state index contributed by atoms with van der Waals surface area (Å²) in [4.78, 5) is 25.7. The lowest BCUT2D eigenvalue weighted by molar-refractivity contribution is -0.115. The number of halogens is 4. The quantitative estimate of drug-likeness (QED) is 0.171. The molecule has 2 N–H and O–H groups in total. The van der Waals surface area contributed by atoms with E-state index in [1.54, 1.807) is 60.7 Å². The van der Waals surface area contributed by atoms with Gasteiger partial charge in [-0.1, -0.05) is 30.3 Å². The minimum Gasteiger partial charge on any atom is -0.459 e. The Hall–Kier alpha value is -4.05. The van der Waals surface area contributed by atoms with Gasteiger partial charge in [0.05, 0.1) is 6.26 Å². The Balaban J connectivity index is 1.55. The molecule has 4 aromatic rings. The number of nitrogens with one attached hydrogen (secondary N) is 2. The molecule has 3 aromatic carbocycles. The van der Waals surface area contributed by atoms with Gasteiger partial charge in [0, 0.05) is 16.6 Å². The highest BCUT2D eigenvalue weighted by molar-refractivity contribution is 8.00. The fourth-order valence-electron chi connectivity index (χ4n) is 3.13. The standard InChI is InChI=1S/C25H16F4N2O3S/c26-17-13-18(27)21(29)22(20(17)28)31-25(33)23(14-5-2-1-3-6-14)35-16-10-8-15(9-11-16)30-24(32)19-7-4-12-34-19/h1-13,23H,(H,30,32)(H,31,33). The van der Waals surface area contributed by atoms with Gasteiger partial charge in [0.1, 0.15) is 10.9 Å². The van der Waals surface area contributed by atoms with E-state index < -0.39 is 46.0 Å². The van der Waals surface area contributed by atoms with Crippen LogP contribution >= 0.6 is 11.8 Å². The summed E-state index contributed by atoms with van der Waals surface area (Å²) in [6.45, 7) is 0. The molecule has 10 heteroatoms. The zero-order valence-electron chi connectivity index (χ0n) is 17.7. The number of thioether (sulfide) groups is 1. The Morgan fingerprint density at radius 1 is 0.800 bits per heavy atom. The number of hydrogen-bond acceptors (Lipinski definition) is 4. The summed E-state index contributed by atoms with van der Waals surface area (Å²) >= 11 is 1.04. The van der Waals surface area contributed by atoms with E-state index in [-0.39, 0.29) is 11.8 Å². The van der Waals surface area contributed by atoms with Crippen LogP contribution in [0.5, 0.6) is 0 Å². The van der Waals surface area contributed by atoms with Crippen LogP contribution in [-0.4, -0.2) is 11.8 Å². The van der Waals surface area contributed by atoms with Crippen LogP contribution in [0, 0.1) is 23.3 Å². The van der Waals surface area contributed by atoms with Crippen molar-refractivity contribution in [2.75, 3.05) is 10.6 Å². The van der Waals surface area contributed by atoms with Crippen molar-refractivity contribution in [3.05, 3.63) is 114 Å². The van der Waals surface area contributed by atoms with Gasteiger partial charge in [-0.3, -0.25) is 9.59 Å². The minimum absolute atomic E-state index is 0.0654. The lowest BCUT2D eigenvalue weighted by atomic mass is 10.1. The lowest BCUT2D eigenvalue weighted by Gasteiger charge is -2.18. The first-order valence-electron chi connectivity index (χ1n) is 10.1. The first kappa shape index (κ1) is 24.1. The smallest absolute Gasteiger partial charge is 0.291 e. The number of benzene rings is 3. The number of carbonyl (C=O) groups is 2. The SMILES string of the molecule is O=C(Nc1ccc(SC(C(=O)Nc2c(F)c(F)cc(F)c2F)c2ccccc2)cc1)c1ccco1. The normalized spacial score (nSPS) is 11.7. The van der Waals surface area contributed by atoms with Crippen LogP contribution in [-0.2, 0) is 4.79 Å². The van der Waals surface area contributed by atoms with E-state index in [2.05, 4.69) is 5.32 Å². The third-order valence-electron chi connectivity index (χ3n) is 4.81. The predicted molar refractivity (Wildman–Crippen MR) is 123 cm³/mol. The summed E-state index contributed by atoms with van der Waals surface area (Å²) in [5.41, 5.74) is -0.247. The van der Waals surface area contributed by atoms with Gasteiger partial charge in [-0.15, -0.1) is 11.8 Å². The number of anilines is 2. The van der Waals surface area contributed by atoms with Crippen LogP contribution in [0.15, 0.2) is 88.4 Å². The zero-order chi connectivity index (χ0) is 24.9. The summed E-state index contributed by atoms with van der Waals surface area (Å²) in [6, 6.07) is 18.0. The first-order valence-corrected chi connectivity index (χ1v) is 11.0. The van der Waals surface area contributed by atoms with Crippen LogP contribution < -0.4 is 10.6 Å². The molecule has 5 nitrogen and oxygen atoms in total. The third kappa shape index (κ3) is 5.55. The second-order valence-electron chi connectivity index (χ2n) is 7.20. The maximum absolute atomic E-state index is 14.1. The van der Waals surface area contributed by atoms with Crippen LogP contribution in [0.1, 0.15) is 21.4 Å². The molecule has 1 aromatic heterocycles. The van der Waals surface area contributed by atoms with E-state index in [0.29, 0.717) is 16.1 Å². The van der Waals surface area contributed by atoms with Crippen LogP contribution in [0.3, 0.4) is 0 Å². The third-order valence-corrected chi connectivity index (χ3v) is 6.08. The van der Waals surface area contributed by atoms with Crippen molar-refractivity contribution in [2.24, 2.45) is 0 Å². The highest BCUT2D eigenvalue weighted by atomic mass is 32.2. The number of amides is 2. The predicted octanol–water partition coefficient (Wildman–Crippen LogP) is 6.56. The maximum atomic E-state index is 14.1. The van der Waals surface area contributed by atoms with E-state index in [0.717, 1.165) is 11.8 Å². The summed E-state index contributed by atoms with van der Waals surface area (Å²) in [7, 11) is 0. The van der Waals surface area contributed by atoms with Crippen molar-refractivity contribution >= 4 is 35.0 Å². The van der Waals surface area contributed by atoms with Crippen LogP contribution in [0.4, 0.5) is 28.9 Å². The van der Waals surface area contributed by atoms with Gasteiger partial charge >= 0.3 is 0 Å². The first-order chi connectivity index (χ1) is 16.8. The minimum atomic E-state index is -1.70. The van der Waals surface area contributed by atoms with Gasteiger partial charge in [-0.2, -0.15) is 0 Å². The molecule has 4 rings (SSSR count). The average molecular weight is 500 g/mol. The molecule has 1 unspecified atom stereocenters. The monoisotopic (exact) mass is 500 g/mol. The molecule has 0 aliphatic rings. The fraction of sp³-hybridized carbons (Fsp3) is 0.0400. The van der Waals surface area contributed by atoms with Crippen molar-refractivity contribution in [1.82, 2.24) is 0 Å². The van der Waals surface area contributed by atoms with E-state index in [9.17, 15) is 27.2 Å². The van der Waals surface area contributed by atoms with Crippen molar-refractivity contribution in [1.29, 1.82) is 0 Å². The molecule has 0 aliphatic heterocycles. The summed E-state index contributed by atoms with van der Waals surface area (Å²) < 4.78 is 60.4. The molecule has 0 saturated heterocycles. The molecule has 0 aliphatic carbocycles. The molecule has 1 atom stereocenters. The molecule has 0 spiro atoms. The van der Waals surface area contributed by atoms with Crippen LogP contribution in [0.25, 0.3) is 0 Å². The highest BCUT2D eigenvalue weighted by Gasteiger charge is 2.27. The molecule has 0 bridgehead atoms. The van der Waals surface area contributed by atoms with E-state index in [1.807, 2.05) is 5.32 Å². The lowest BCUT2D eigenvalue weighted by Crippen LogP contribution is -2.21. The second-order valence-corrected chi connectivity index (χ2v) is 8.38. The summed E-state index contributed by atoms with van der Waals surface area (Å²) in [6.07, 6.45) is 1.37. The Labute approximate surface area is 201 Å². The van der Waals surface area contributed by atoms with Crippen molar-refractivity contribution in [3.8, 4) is 0 Å². The Morgan fingerprint density at radius 3 is 2.06 bits per heavy atom. The highest BCUT2D eigenvalue weighted by Crippen LogP contribution is 2.37. The molecular formula is C25H16F4N2O3S. The molecule has 35 heavy (non-hydrogen) atoms. The average Bonchev–Trinajstić information content (AvgIpc) is 3.41. The number of carbonyl (C=O) groups excluding carboxylic acids is 2. The molecule has 0 saturated carbocycles. The fourth-order valence-corrected chi connectivity index (χ4v) is 4.15. The largest absolute Gasteiger partial charge is 0.459 e. The molecule has 0 fully saturated rings. The number of furan rings is 1. The molecule has 1 heterocycles. The summed E-state index contributed by atoms with van der Waals surface area (Å²) in [5, 5.41) is 3.61. The number of rotatable bonds is 7. The van der Waals surface area contributed by atoms with Gasteiger partial charge in [0.15, 0.2) is 29.0 Å². The van der Waals surface area contributed by atoms with Crippen LogP contribution in [0.2, 0.25) is 0 Å². The zero-order valence-corrected chi connectivity index (χ0v) is 18.5. The van der Waals surface area contributed by atoms with E-state index >= 15 is 0 Å². The Kier molecular flexibility index (Phi) is 7.21. The van der Waals surface area contributed by atoms with E-state index in [1.165, 1.54) is 12.3 Å².